The highest BCUT2D eigenvalue weighted by atomic mass is 16.6. The topological polar surface area (TPSA) is 101 Å². The molecule has 2 aromatic carbocycles. The van der Waals surface area contributed by atoms with E-state index in [2.05, 4.69) is 10.6 Å². The van der Waals surface area contributed by atoms with Gasteiger partial charge in [-0.05, 0) is 32.0 Å². The molecule has 0 spiro atoms. The van der Waals surface area contributed by atoms with Crippen LogP contribution in [-0.4, -0.2) is 16.7 Å². The lowest BCUT2D eigenvalue weighted by Gasteiger charge is -2.10. The van der Waals surface area contributed by atoms with Crippen molar-refractivity contribution in [2.24, 2.45) is 0 Å². The Balaban J connectivity index is 2.14. The molecule has 0 fully saturated rings. The summed E-state index contributed by atoms with van der Waals surface area (Å²) in [7, 11) is 0. The molecule has 2 rings (SSSR count). The number of hydrogen-bond donors (Lipinski definition) is 2. The van der Waals surface area contributed by atoms with Crippen LogP contribution in [0.4, 0.5) is 21.9 Å². The second-order valence-electron chi connectivity index (χ2n) is 4.92. The van der Waals surface area contributed by atoms with E-state index in [1.165, 1.54) is 19.1 Å². The third kappa shape index (κ3) is 3.91. The Bertz CT molecular complexity index is 787. The number of carbonyl (C=O) groups is 2. The average Bonchev–Trinajstić information content (AvgIpc) is 2.49. The molecule has 2 aromatic rings. The minimum atomic E-state index is -0.547. The zero-order chi connectivity index (χ0) is 17.0. The maximum Gasteiger partial charge on any atom is 0.323 e. The second kappa shape index (κ2) is 6.69. The summed E-state index contributed by atoms with van der Waals surface area (Å²) in [5.41, 5.74) is 1.58. The average molecular weight is 313 g/mol. The van der Waals surface area contributed by atoms with Gasteiger partial charge < -0.3 is 10.6 Å². The van der Waals surface area contributed by atoms with Crippen LogP contribution >= 0.6 is 0 Å². The van der Waals surface area contributed by atoms with Crippen molar-refractivity contribution in [1.82, 2.24) is 0 Å². The van der Waals surface area contributed by atoms with Gasteiger partial charge in [-0.15, -0.1) is 0 Å². The molecule has 2 amide bonds. The minimum Gasteiger partial charge on any atom is -0.308 e. The Morgan fingerprint density at radius 1 is 1.09 bits per heavy atom. The Morgan fingerprint density at radius 2 is 1.78 bits per heavy atom. The molecule has 0 aromatic heterocycles. The molecule has 0 unspecified atom stereocenters. The summed E-state index contributed by atoms with van der Waals surface area (Å²) in [5, 5.41) is 16.1. The third-order valence-corrected chi connectivity index (χ3v) is 3.28. The maximum absolute atomic E-state index is 12.0. The van der Waals surface area contributed by atoms with Gasteiger partial charge in [-0.3, -0.25) is 14.9 Å². The molecule has 0 atom stereocenters. The fourth-order valence-corrected chi connectivity index (χ4v) is 2.06. The standard InChI is InChI=1S/C16H15N3O4/c1-10-14(7-4-8-15(10)19(22)23)18-16(21)17-13-6-3-5-12(9-13)11(2)20/h3-9H,1-2H3,(H2,17,18,21). The van der Waals surface area contributed by atoms with Gasteiger partial charge in [0.05, 0.1) is 16.2 Å². The summed E-state index contributed by atoms with van der Waals surface area (Å²) >= 11 is 0. The van der Waals surface area contributed by atoms with E-state index in [4.69, 9.17) is 0 Å². The molecule has 118 valence electrons. The number of ketones is 1. The number of hydrogen-bond acceptors (Lipinski definition) is 4. The fraction of sp³-hybridized carbons (Fsp3) is 0.125. The first-order valence-electron chi connectivity index (χ1n) is 6.81. The quantitative estimate of drug-likeness (QED) is 0.510. The Hall–Kier alpha value is -3.22. The van der Waals surface area contributed by atoms with Crippen LogP contribution in [0.15, 0.2) is 42.5 Å². The molecule has 0 heterocycles. The van der Waals surface area contributed by atoms with Gasteiger partial charge in [0.15, 0.2) is 5.78 Å². The predicted molar refractivity (Wildman–Crippen MR) is 86.9 cm³/mol. The number of anilines is 2. The molecule has 0 aliphatic carbocycles. The molecule has 7 nitrogen and oxygen atoms in total. The monoisotopic (exact) mass is 313 g/mol. The molecule has 23 heavy (non-hydrogen) atoms. The number of carbonyl (C=O) groups excluding carboxylic acids is 2. The second-order valence-corrected chi connectivity index (χ2v) is 4.92. The van der Waals surface area contributed by atoms with E-state index in [-0.39, 0.29) is 11.5 Å². The SMILES string of the molecule is CC(=O)c1cccc(NC(=O)Nc2cccc([N+](=O)[O-])c2C)c1. The van der Waals surface area contributed by atoms with Crippen molar-refractivity contribution in [3.63, 3.8) is 0 Å². The molecule has 0 bridgehead atoms. The van der Waals surface area contributed by atoms with Crippen LogP contribution in [0.25, 0.3) is 0 Å². The minimum absolute atomic E-state index is 0.0682. The first-order valence-corrected chi connectivity index (χ1v) is 6.81. The van der Waals surface area contributed by atoms with Crippen LogP contribution in [0.2, 0.25) is 0 Å². The van der Waals surface area contributed by atoms with Gasteiger partial charge in [0.1, 0.15) is 0 Å². The molecule has 0 aliphatic heterocycles. The summed E-state index contributed by atoms with van der Waals surface area (Å²) in [5.74, 6) is -0.108. The fourth-order valence-electron chi connectivity index (χ4n) is 2.06. The molecule has 0 radical (unpaired) electrons. The van der Waals surface area contributed by atoms with Crippen LogP contribution in [0.3, 0.4) is 0 Å². The van der Waals surface area contributed by atoms with E-state index in [1.54, 1.807) is 37.3 Å². The van der Waals surface area contributed by atoms with Crippen LogP contribution in [0.1, 0.15) is 22.8 Å². The first kappa shape index (κ1) is 16.2. The Kier molecular flexibility index (Phi) is 4.70. The van der Waals surface area contributed by atoms with E-state index < -0.39 is 11.0 Å². The van der Waals surface area contributed by atoms with Crippen molar-refractivity contribution >= 4 is 28.9 Å². The largest absolute Gasteiger partial charge is 0.323 e. The van der Waals surface area contributed by atoms with E-state index in [9.17, 15) is 19.7 Å². The van der Waals surface area contributed by atoms with Crippen LogP contribution in [0, 0.1) is 17.0 Å². The number of nitrogens with one attached hydrogen (secondary N) is 2. The normalized spacial score (nSPS) is 10.0. The molecule has 2 N–H and O–H groups in total. The van der Waals surface area contributed by atoms with Gasteiger partial charge in [-0.1, -0.05) is 18.2 Å². The van der Waals surface area contributed by atoms with E-state index >= 15 is 0 Å². The summed E-state index contributed by atoms with van der Waals surface area (Å²) in [4.78, 5) is 33.7. The van der Waals surface area contributed by atoms with Crippen LogP contribution < -0.4 is 10.6 Å². The molecular weight excluding hydrogens is 298 g/mol. The highest BCUT2D eigenvalue weighted by Crippen LogP contribution is 2.25. The van der Waals surface area contributed by atoms with E-state index in [1.807, 2.05) is 0 Å². The zero-order valence-corrected chi connectivity index (χ0v) is 12.6. The van der Waals surface area contributed by atoms with Crippen molar-refractivity contribution in [1.29, 1.82) is 0 Å². The van der Waals surface area contributed by atoms with Crippen LogP contribution in [0.5, 0.6) is 0 Å². The van der Waals surface area contributed by atoms with Crippen LogP contribution in [-0.2, 0) is 0 Å². The number of amides is 2. The summed E-state index contributed by atoms with van der Waals surface area (Å²) in [6.45, 7) is 3.00. The van der Waals surface area contributed by atoms with Crippen molar-refractivity contribution in [3.05, 3.63) is 63.7 Å². The maximum atomic E-state index is 12.0. The van der Waals surface area contributed by atoms with Gasteiger partial charge >= 0.3 is 6.03 Å². The number of Topliss-reactive ketones (excluding diaryl/α,β-unsaturated/α-hetero) is 1. The number of nitro benzene ring substituents is 1. The highest BCUT2D eigenvalue weighted by Gasteiger charge is 2.14. The van der Waals surface area contributed by atoms with Gasteiger partial charge in [0, 0.05) is 17.3 Å². The summed E-state index contributed by atoms with van der Waals surface area (Å²) in [6.07, 6.45) is 0. The molecule has 0 saturated heterocycles. The van der Waals surface area contributed by atoms with Crippen molar-refractivity contribution < 1.29 is 14.5 Å². The predicted octanol–water partition coefficient (Wildman–Crippen LogP) is 3.75. The van der Waals surface area contributed by atoms with Crippen molar-refractivity contribution in [2.75, 3.05) is 10.6 Å². The number of urea groups is 1. The van der Waals surface area contributed by atoms with Gasteiger partial charge in [-0.2, -0.15) is 0 Å². The highest BCUT2D eigenvalue weighted by molar-refractivity contribution is 6.02. The zero-order valence-electron chi connectivity index (χ0n) is 12.6. The molecule has 0 saturated carbocycles. The lowest BCUT2D eigenvalue weighted by molar-refractivity contribution is -0.385. The van der Waals surface area contributed by atoms with Gasteiger partial charge in [0.25, 0.3) is 5.69 Å². The first-order chi connectivity index (χ1) is 10.9. The van der Waals surface area contributed by atoms with Crippen molar-refractivity contribution in [3.8, 4) is 0 Å². The van der Waals surface area contributed by atoms with E-state index in [0.717, 1.165) is 0 Å². The number of rotatable bonds is 4. The molecule has 0 aliphatic rings. The smallest absolute Gasteiger partial charge is 0.308 e. The Labute approximate surface area is 132 Å². The third-order valence-electron chi connectivity index (χ3n) is 3.28. The number of nitrogens with zero attached hydrogens (tertiary/aromatic N) is 1. The Morgan fingerprint density at radius 3 is 2.43 bits per heavy atom. The lowest BCUT2D eigenvalue weighted by Crippen LogP contribution is -2.20. The summed E-state index contributed by atoms with van der Waals surface area (Å²) < 4.78 is 0. The summed E-state index contributed by atoms with van der Waals surface area (Å²) in [6, 6.07) is 10.4. The number of benzene rings is 2. The molecule has 7 heteroatoms. The van der Waals surface area contributed by atoms with Gasteiger partial charge in [-0.25, -0.2) is 4.79 Å². The number of nitro groups is 1. The van der Waals surface area contributed by atoms with Gasteiger partial charge in [0.2, 0.25) is 0 Å². The molecular formula is C16H15N3O4. The van der Waals surface area contributed by atoms with E-state index in [0.29, 0.717) is 22.5 Å². The lowest BCUT2D eigenvalue weighted by atomic mass is 10.1. The van der Waals surface area contributed by atoms with Crippen molar-refractivity contribution in [2.45, 2.75) is 13.8 Å².